The maximum atomic E-state index is 12.9. The number of carbonyl (C=O) groups is 3. The fourth-order valence-corrected chi connectivity index (χ4v) is 8.80. The van der Waals surface area contributed by atoms with Crippen molar-refractivity contribution in [2.75, 3.05) is 13.2 Å². The normalized spacial score (nSPS) is 12.7. The highest BCUT2D eigenvalue weighted by Gasteiger charge is 2.19. The van der Waals surface area contributed by atoms with Crippen LogP contribution in [-0.4, -0.2) is 37.2 Å². The summed E-state index contributed by atoms with van der Waals surface area (Å²) in [6.07, 6.45) is 84.2. The van der Waals surface area contributed by atoms with Crippen LogP contribution in [0.15, 0.2) is 97.2 Å². The van der Waals surface area contributed by atoms with Crippen LogP contribution in [0.2, 0.25) is 0 Å². The Kier molecular flexibility index (Phi) is 59.8. The third kappa shape index (κ3) is 61.1. The van der Waals surface area contributed by atoms with Gasteiger partial charge in [0.15, 0.2) is 6.10 Å². The Labute approximate surface area is 464 Å². The van der Waals surface area contributed by atoms with E-state index in [2.05, 4.69) is 118 Å². The van der Waals surface area contributed by atoms with Gasteiger partial charge in [-0.3, -0.25) is 14.4 Å². The van der Waals surface area contributed by atoms with E-state index in [0.717, 1.165) is 103 Å². The molecule has 0 saturated heterocycles. The minimum atomic E-state index is -0.815. The molecule has 0 spiro atoms. The lowest BCUT2D eigenvalue weighted by atomic mass is 10.0. The van der Waals surface area contributed by atoms with Crippen LogP contribution in [0.3, 0.4) is 0 Å². The van der Waals surface area contributed by atoms with Gasteiger partial charge in [-0.1, -0.05) is 266 Å². The van der Waals surface area contributed by atoms with Gasteiger partial charge >= 0.3 is 17.9 Å². The van der Waals surface area contributed by atoms with E-state index in [1.165, 1.54) is 154 Å². The molecule has 0 aliphatic carbocycles. The van der Waals surface area contributed by atoms with Crippen molar-refractivity contribution in [3.63, 3.8) is 0 Å². The van der Waals surface area contributed by atoms with Gasteiger partial charge in [-0.25, -0.2) is 0 Å². The molecule has 75 heavy (non-hydrogen) atoms. The zero-order chi connectivity index (χ0) is 54.3. The van der Waals surface area contributed by atoms with Gasteiger partial charge in [0.2, 0.25) is 0 Å². The summed E-state index contributed by atoms with van der Waals surface area (Å²) in [7, 11) is 0. The maximum absolute atomic E-state index is 12.9. The molecule has 0 aliphatic rings. The van der Waals surface area contributed by atoms with E-state index in [0.29, 0.717) is 19.3 Å². The zero-order valence-electron chi connectivity index (χ0n) is 49.3. The van der Waals surface area contributed by atoms with Crippen molar-refractivity contribution >= 4 is 17.9 Å². The number of esters is 3. The van der Waals surface area contributed by atoms with Gasteiger partial charge < -0.3 is 14.2 Å². The predicted octanol–water partition coefficient (Wildman–Crippen LogP) is 21.7. The highest BCUT2D eigenvalue weighted by Crippen LogP contribution is 2.16. The van der Waals surface area contributed by atoms with Crippen molar-refractivity contribution in [1.29, 1.82) is 0 Å². The minimum Gasteiger partial charge on any atom is -0.462 e. The summed E-state index contributed by atoms with van der Waals surface area (Å²) in [4.78, 5) is 38.3. The molecular weight excluding hydrogens is 925 g/mol. The van der Waals surface area contributed by atoms with E-state index in [1.54, 1.807) is 0 Å². The maximum Gasteiger partial charge on any atom is 0.306 e. The Hall–Kier alpha value is -3.67. The van der Waals surface area contributed by atoms with Crippen molar-refractivity contribution in [3.05, 3.63) is 97.2 Å². The summed E-state index contributed by atoms with van der Waals surface area (Å²) in [5, 5.41) is 0. The second-order valence-corrected chi connectivity index (χ2v) is 20.9. The molecule has 0 heterocycles. The van der Waals surface area contributed by atoms with E-state index in [9.17, 15) is 14.4 Å². The lowest BCUT2D eigenvalue weighted by Crippen LogP contribution is -2.30. The van der Waals surface area contributed by atoms with Crippen LogP contribution >= 0.6 is 0 Å². The first-order chi connectivity index (χ1) is 37.0. The highest BCUT2D eigenvalue weighted by molar-refractivity contribution is 5.71. The SMILES string of the molecule is CC/C=C\C/C=C\C/C=C\C/C=C\C/C=C\CCCC(=O)OC(COC(=O)CCCCCCC/C=C\C/C=C\CCCCC)COC(=O)CCCCCCCCCCCCCCC/C=C\CCCCCCCCCC. The Morgan fingerprint density at radius 3 is 0.893 bits per heavy atom. The molecule has 0 N–H and O–H groups in total. The predicted molar refractivity (Wildman–Crippen MR) is 325 cm³/mol. The average molecular weight is 1040 g/mol. The Bertz CT molecular complexity index is 1480. The molecule has 0 amide bonds. The quantitative estimate of drug-likeness (QED) is 0.0261. The van der Waals surface area contributed by atoms with E-state index < -0.39 is 6.10 Å². The summed E-state index contributed by atoms with van der Waals surface area (Å²) in [6, 6.07) is 0. The van der Waals surface area contributed by atoms with Gasteiger partial charge in [-0.2, -0.15) is 0 Å². The van der Waals surface area contributed by atoms with Gasteiger partial charge in [-0.05, 0) is 116 Å². The molecule has 1 unspecified atom stereocenters. The molecule has 6 heteroatoms. The van der Waals surface area contributed by atoms with Gasteiger partial charge in [-0.15, -0.1) is 0 Å². The van der Waals surface area contributed by atoms with E-state index >= 15 is 0 Å². The molecule has 0 radical (unpaired) electrons. The van der Waals surface area contributed by atoms with Gasteiger partial charge in [0.25, 0.3) is 0 Å². The topological polar surface area (TPSA) is 78.9 Å². The van der Waals surface area contributed by atoms with Crippen LogP contribution in [0, 0.1) is 0 Å². The first-order valence-corrected chi connectivity index (χ1v) is 31.7. The van der Waals surface area contributed by atoms with Gasteiger partial charge in [0.1, 0.15) is 13.2 Å². The van der Waals surface area contributed by atoms with Gasteiger partial charge in [0.05, 0.1) is 0 Å². The smallest absolute Gasteiger partial charge is 0.306 e. The fraction of sp³-hybridized carbons (Fsp3) is 0.725. The highest BCUT2D eigenvalue weighted by atomic mass is 16.6. The Morgan fingerprint density at radius 2 is 0.533 bits per heavy atom. The summed E-state index contributed by atoms with van der Waals surface area (Å²) < 4.78 is 16.9. The van der Waals surface area contributed by atoms with Crippen LogP contribution in [0.4, 0.5) is 0 Å². The molecule has 0 aromatic heterocycles. The van der Waals surface area contributed by atoms with Crippen LogP contribution in [-0.2, 0) is 28.6 Å². The first-order valence-electron chi connectivity index (χ1n) is 31.7. The molecule has 0 fully saturated rings. The zero-order valence-corrected chi connectivity index (χ0v) is 49.3. The number of unbranched alkanes of at least 4 members (excludes halogenated alkanes) is 30. The average Bonchev–Trinajstić information content (AvgIpc) is 3.41. The third-order valence-corrected chi connectivity index (χ3v) is 13.5. The van der Waals surface area contributed by atoms with Crippen molar-refractivity contribution in [2.24, 2.45) is 0 Å². The number of hydrogen-bond acceptors (Lipinski definition) is 6. The molecule has 430 valence electrons. The Morgan fingerprint density at radius 1 is 0.280 bits per heavy atom. The fourth-order valence-electron chi connectivity index (χ4n) is 8.80. The molecule has 1 atom stereocenters. The molecule has 0 rings (SSSR count). The Balaban J connectivity index is 4.38. The summed E-state index contributed by atoms with van der Waals surface area (Å²) >= 11 is 0. The number of hydrogen-bond donors (Lipinski definition) is 0. The molecule has 0 aromatic carbocycles. The summed E-state index contributed by atoms with van der Waals surface area (Å²) in [6.45, 7) is 6.46. The van der Waals surface area contributed by atoms with E-state index in [4.69, 9.17) is 14.2 Å². The first kappa shape index (κ1) is 71.3. The molecule has 0 saturated carbocycles. The lowest BCUT2D eigenvalue weighted by Gasteiger charge is -2.18. The van der Waals surface area contributed by atoms with Crippen LogP contribution in [0.1, 0.15) is 303 Å². The lowest BCUT2D eigenvalue weighted by molar-refractivity contribution is -0.167. The third-order valence-electron chi connectivity index (χ3n) is 13.5. The minimum absolute atomic E-state index is 0.104. The van der Waals surface area contributed by atoms with Crippen molar-refractivity contribution in [3.8, 4) is 0 Å². The van der Waals surface area contributed by atoms with E-state index in [1.807, 2.05) is 0 Å². The van der Waals surface area contributed by atoms with Crippen molar-refractivity contribution < 1.29 is 28.6 Å². The summed E-state index contributed by atoms with van der Waals surface area (Å²) in [5.74, 6) is -0.970. The van der Waals surface area contributed by atoms with Crippen LogP contribution < -0.4 is 0 Å². The van der Waals surface area contributed by atoms with E-state index in [-0.39, 0.29) is 37.5 Å². The molecular formula is C69H118O6. The van der Waals surface area contributed by atoms with Gasteiger partial charge in [0, 0.05) is 19.3 Å². The number of ether oxygens (including phenoxy) is 3. The second-order valence-electron chi connectivity index (χ2n) is 20.9. The second kappa shape index (κ2) is 62.9. The standard InChI is InChI=1S/C69H118O6/c1-4-7-10-13-16-19-22-25-28-30-31-32-33-34-35-36-37-39-41-44-47-50-53-56-59-62-68(71)74-65-66(64-73-67(70)61-58-55-52-49-46-43-40-27-24-21-18-15-12-9-6-3)75-69(72)63-60-57-54-51-48-45-42-38-29-26-23-20-17-14-11-8-5-2/h8,11,17-18,20-21,26-27,29-31,40,42,45,51,54,66H,4-7,9-10,12-16,19,22-25,28,32-39,41,43-44,46-50,52-53,55-65H2,1-3H3/b11-8-,20-17-,21-18-,29-26-,31-30-,40-27-,45-42-,54-51-. The number of rotatable bonds is 57. The molecule has 0 bridgehead atoms. The van der Waals surface area contributed by atoms with Crippen molar-refractivity contribution in [1.82, 2.24) is 0 Å². The summed E-state index contributed by atoms with van der Waals surface area (Å²) in [5.41, 5.74) is 0. The monoisotopic (exact) mass is 1040 g/mol. The van der Waals surface area contributed by atoms with Crippen LogP contribution in [0.5, 0.6) is 0 Å². The molecule has 0 aliphatic heterocycles. The van der Waals surface area contributed by atoms with Crippen molar-refractivity contribution in [2.45, 2.75) is 309 Å². The molecule has 0 aromatic rings. The largest absolute Gasteiger partial charge is 0.462 e. The number of allylic oxidation sites excluding steroid dienone is 16. The van der Waals surface area contributed by atoms with Crippen LogP contribution in [0.25, 0.3) is 0 Å². The molecule has 6 nitrogen and oxygen atoms in total. The number of carbonyl (C=O) groups excluding carboxylic acids is 3.